The highest BCUT2D eigenvalue weighted by Gasteiger charge is 2.23. The summed E-state index contributed by atoms with van der Waals surface area (Å²) in [6, 6.07) is 2.02. The van der Waals surface area contributed by atoms with E-state index in [2.05, 4.69) is 14.9 Å². The van der Waals surface area contributed by atoms with Gasteiger partial charge < -0.3 is 4.90 Å². The quantitative estimate of drug-likeness (QED) is 0.832. The number of rotatable bonds is 2. The van der Waals surface area contributed by atoms with Gasteiger partial charge in [0, 0.05) is 26.2 Å². The highest BCUT2D eigenvalue weighted by atomic mass is 32.2. The van der Waals surface area contributed by atoms with Crippen LogP contribution < -0.4 is 4.90 Å². The first kappa shape index (κ1) is 13.7. The molecule has 2 aromatic heterocycles. The number of sulfonamides is 1. The highest BCUT2D eigenvalue weighted by molar-refractivity contribution is 7.88. The number of hydrogen-bond donors (Lipinski definition) is 0. The molecule has 3 rings (SSSR count). The van der Waals surface area contributed by atoms with Crippen molar-refractivity contribution >= 4 is 37.4 Å². The van der Waals surface area contributed by atoms with Gasteiger partial charge in [-0.25, -0.2) is 22.7 Å². The summed E-state index contributed by atoms with van der Waals surface area (Å²) >= 11 is 1.59. The van der Waals surface area contributed by atoms with E-state index in [1.807, 2.05) is 11.4 Å². The van der Waals surface area contributed by atoms with E-state index in [9.17, 15) is 8.42 Å². The molecule has 108 valence electrons. The molecule has 1 aliphatic heterocycles. The van der Waals surface area contributed by atoms with Crippen LogP contribution in [0, 0.1) is 0 Å². The van der Waals surface area contributed by atoms with E-state index in [1.54, 1.807) is 22.0 Å². The van der Waals surface area contributed by atoms with Crippen LogP contribution >= 0.6 is 11.3 Å². The normalized spacial score (nSPS) is 18.4. The van der Waals surface area contributed by atoms with Gasteiger partial charge >= 0.3 is 0 Å². The third-order valence-electron chi connectivity index (χ3n) is 3.46. The molecule has 0 aromatic carbocycles. The van der Waals surface area contributed by atoms with Gasteiger partial charge in [0.1, 0.15) is 17.0 Å². The zero-order valence-electron chi connectivity index (χ0n) is 11.2. The van der Waals surface area contributed by atoms with E-state index in [0.29, 0.717) is 19.6 Å². The third kappa shape index (κ3) is 2.63. The van der Waals surface area contributed by atoms with E-state index in [1.165, 1.54) is 6.26 Å². The van der Waals surface area contributed by atoms with Crippen LogP contribution in [0.1, 0.15) is 6.42 Å². The van der Waals surface area contributed by atoms with Crippen molar-refractivity contribution in [2.45, 2.75) is 6.42 Å². The molecule has 1 fully saturated rings. The van der Waals surface area contributed by atoms with Crippen molar-refractivity contribution in [2.24, 2.45) is 0 Å². The van der Waals surface area contributed by atoms with Gasteiger partial charge in [-0.1, -0.05) is 0 Å². The van der Waals surface area contributed by atoms with Gasteiger partial charge in [0.15, 0.2) is 0 Å². The molecule has 2 aromatic rings. The molecule has 0 N–H and O–H groups in total. The minimum absolute atomic E-state index is 0.508. The second kappa shape index (κ2) is 5.27. The molecule has 0 saturated carbocycles. The predicted octanol–water partition coefficient (Wildman–Crippen LogP) is 1.16. The maximum atomic E-state index is 11.6. The first-order chi connectivity index (χ1) is 9.55. The largest absolute Gasteiger partial charge is 0.355 e. The zero-order chi connectivity index (χ0) is 14.2. The van der Waals surface area contributed by atoms with Crippen LogP contribution in [0.3, 0.4) is 0 Å². The third-order valence-corrected chi connectivity index (χ3v) is 5.59. The number of nitrogens with zero attached hydrogens (tertiary/aromatic N) is 4. The highest BCUT2D eigenvalue weighted by Crippen LogP contribution is 2.27. The van der Waals surface area contributed by atoms with Crippen LogP contribution in [0.25, 0.3) is 10.2 Å². The Bertz CT molecular complexity index is 713. The summed E-state index contributed by atoms with van der Waals surface area (Å²) in [6.45, 7) is 2.56. The number of anilines is 1. The van der Waals surface area contributed by atoms with Gasteiger partial charge in [-0.3, -0.25) is 0 Å². The smallest absolute Gasteiger partial charge is 0.211 e. The van der Waals surface area contributed by atoms with Crippen molar-refractivity contribution < 1.29 is 8.42 Å². The molecule has 0 aliphatic carbocycles. The maximum Gasteiger partial charge on any atom is 0.211 e. The molecular weight excluding hydrogens is 296 g/mol. The molecule has 3 heterocycles. The number of fused-ring (bicyclic) bond motifs is 1. The van der Waals surface area contributed by atoms with Gasteiger partial charge in [0.25, 0.3) is 0 Å². The summed E-state index contributed by atoms with van der Waals surface area (Å²) in [4.78, 5) is 11.8. The Kier molecular flexibility index (Phi) is 3.61. The molecule has 20 heavy (non-hydrogen) atoms. The minimum atomic E-state index is -3.11. The van der Waals surface area contributed by atoms with Gasteiger partial charge in [-0.05, 0) is 17.9 Å². The number of hydrogen-bond acceptors (Lipinski definition) is 6. The lowest BCUT2D eigenvalue weighted by Crippen LogP contribution is -2.34. The van der Waals surface area contributed by atoms with E-state index < -0.39 is 10.0 Å². The Morgan fingerprint density at radius 2 is 2.05 bits per heavy atom. The van der Waals surface area contributed by atoms with Crippen LogP contribution in [0.5, 0.6) is 0 Å². The topological polar surface area (TPSA) is 66.4 Å². The van der Waals surface area contributed by atoms with Crippen molar-refractivity contribution in [1.29, 1.82) is 0 Å². The second-order valence-corrected chi connectivity index (χ2v) is 7.72. The van der Waals surface area contributed by atoms with E-state index in [4.69, 9.17) is 0 Å². The van der Waals surface area contributed by atoms with Crippen LogP contribution in [0.4, 0.5) is 5.82 Å². The van der Waals surface area contributed by atoms with E-state index in [0.717, 1.165) is 29.0 Å². The fraction of sp³-hybridized carbons (Fsp3) is 0.500. The Balaban J connectivity index is 1.87. The molecular formula is C12H16N4O2S2. The zero-order valence-corrected chi connectivity index (χ0v) is 12.8. The first-order valence-corrected chi connectivity index (χ1v) is 9.17. The first-order valence-electron chi connectivity index (χ1n) is 6.44. The van der Waals surface area contributed by atoms with Crippen molar-refractivity contribution in [1.82, 2.24) is 14.3 Å². The maximum absolute atomic E-state index is 11.6. The summed E-state index contributed by atoms with van der Waals surface area (Å²) in [5.74, 6) is 0.909. The molecule has 1 aliphatic rings. The molecule has 0 radical (unpaired) electrons. The number of thiophene rings is 1. The van der Waals surface area contributed by atoms with E-state index in [-0.39, 0.29) is 0 Å². The Morgan fingerprint density at radius 3 is 2.85 bits per heavy atom. The Hall–Kier alpha value is -1.25. The predicted molar refractivity (Wildman–Crippen MR) is 80.7 cm³/mol. The molecule has 0 amide bonds. The van der Waals surface area contributed by atoms with Gasteiger partial charge in [0.2, 0.25) is 10.0 Å². The van der Waals surface area contributed by atoms with Crippen LogP contribution in [-0.4, -0.2) is 55.1 Å². The lowest BCUT2D eigenvalue weighted by molar-refractivity contribution is 0.437. The Labute approximate surface area is 122 Å². The van der Waals surface area contributed by atoms with Crippen LogP contribution in [0.2, 0.25) is 0 Å². The van der Waals surface area contributed by atoms with Gasteiger partial charge in [-0.15, -0.1) is 11.3 Å². The monoisotopic (exact) mass is 312 g/mol. The molecule has 0 bridgehead atoms. The summed E-state index contributed by atoms with van der Waals surface area (Å²) in [5, 5.41) is 3.05. The molecule has 0 unspecified atom stereocenters. The average Bonchev–Trinajstić information content (AvgIpc) is 2.73. The van der Waals surface area contributed by atoms with Crippen LogP contribution in [0.15, 0.2) is 17.8 Å². The van der Waals surface area contributed by atoms with Gasteiger partial charge in [-0.2, -0.15) is 0 Å². The molecule has 0 spiro atoms. The summed E-state index contributed by atoms with van der Waals surface area (Å²) in [7, 11) is -3.11. The average molecular weight is 312 g/mol. The minimum Gasteiger partial charge on any atom is -0.355 e. The number of aromatic nitrogens is 2. The molecule has 1 saturated heterocycles. The van der Waals surface area contributed by atoms with Crippen molar-refractivity contribution in [2.75, 3.05) is 37.3 Å². The summed E-state index contributed by atoms with van der Waals surface area (Å²) in [5.41, 5.74) is 0. The van der Waals surface area contributed by atoms with E-state index >= 15 is 0 Å². The molecule has 6 nitrogen and oxygen atoms in total. The summed E-state index contributed by atoms with van der Waals surface area (Å²) < 4.78 is 24.8. The SMILES string of the molecule is CS(=O)(=O)N1CCCN(c2ncnc3sccc23)CC1. The fourth-order valence-electron chi connectivity index (χ4n) is 2.47. The molecule has 0 atom stereocenters. The lowest BCUT2D eigenvalue weighted by Gasteiger charge is -2.22. The van der Waals surface area contributed by atoms with Crippen molar-refractivity contribution in [3.05, 3.63) is 17.8 Å². The second-order valence-electron chi connectivity index (χ2n) is 4.84. The fourth-order valence-corrected chi connectivity index (χ4v) is 4.07. The van der Waals surface area contributed by atoms with Crippen molar-refractivity contribution in [3.63, 3.8) is 0 Å². The molecule has 8 heteroatoms. The Morgan fingerprint density at radius 1 is 1.20 bits per heavy atom. The standard InChI is InChI=1S/C12H16N4O2S2/c1-20(17,18)16-5-2-4-15(6-7-16)11-10-3-8-19-12(10)14-9-13-11/h3,8-9H,2,4-7H2,1H3. The summed E-state index contributed by atoms with van der Waals surface area (Å²) in [6.07, 6.45) is 3.65. The lowest BCUT2D eigenvalue weighted by atomic mass is 10.3. The van der Waals surface area contributed by atoms with Gasteiger partial charge in [0.05, 0.1) is 11.6 Å². The van der Waals surface area contributed by atoms with Crippen LogP contribution in [-0.2, 0) is 10.0 Å². The van der Waals surface area contributed by atoms with Crippen molar-refractivity contribution in [3.8, 4) is 0 Å².